The number of hydrogen-bond acceptors (Lipinski definition) is 4. The first-order chi connectivity index (χ1) is 8.09. The van der Waals surface area contributed by atoms with Crippen molar-refractivity contribution in [3.63, 3.8) is 0 Å². The van der Waals surface area contributed by atoms with E-state index >= 15 is 0 Å². The van der Waals surface area contributed by atoms with Gasteiger partial charge in [0.2, 0.25) is 0 Å². The van der Waals surface area contributed by atoms with Crippen LogP contribution in [0.3, 0.4) is 0 Å². The Hall–Kier alpha value is -0.130. The van der Waals surface area contributed by atoms with Crippen molar-refractivity contribution in [1.29, 1.82) is 0 Å². The topological polar surface area (TPSA) is 57.6 Å². The molecule has 102 valence electrons. The second kappa shape index (κ2) is 7.34. The number of rotatable bonds is 8. The molecule has 0 spiro atoms. The fourth-order valence-electron chi connectivity index (χ4n) is 2.48. The van der Waals surface area contributed by atoms with Gasteiger partial charge in [0.1, 0.15) is 9.84 Å². The van der Waals surface area contributed by atoms with Gasteiger partial charge in [-0.2, -0.15) is 0 Å². The summed E-state index contributed by atoms with van der Waals surface area (Å²) >= 11 is 0. The van der Waals surface area contributed by atoms with Gasteiger partial charge >= 0.3 is 0 Å². The monoisotopic (exact) mass is 263 g/mol. The quantitative estimate of drug-likeness (QED) is 0.711. The third kappa shape index (κ3) is 5.36. The Morgan fingerprint density at radius 1 is 1.35 bits per heavy atom. The maximum atomic E-state index is 11.4. The highest BCUT2D eigenvalue weighted by molar-refractivity contribution is 7.91. The van der Waals surface area contributed by atoms with Crippen LogP contribution in [0.1, 0.15) is 39.0 Å². The fraction of sp³-hybridized carbons (Fsp3) is 1.00. The van der Waals surface area contributed by atoms with Gasteiger partial charge in [-0.3, -0.25) is 0 Å². The lowest BCUT2D eigenvalue weighted by molar-refractivity contribution is 0.216. The highest BCUT2D eigenvalue weighted by Gasteiger charge is 2.23. The summed E-state index contributed by atoms with van der Waals surface area (Å²) in [5.41, 5.74) is 0. The van der Waals surface area contributed by atoms with Gasteiger partial charge in [0.05, 0.1) is 5.75 Å². The average Bonchev–Trinajstić information content (AvgIpc) is 2.74. The molecule has 1 aliphatic heterocycles. The van der Waals surface area contributed by atoms with Crippen molar-refractivity contribution >= 4 is 9.84 Å². The zero-order valence-electron chi connectivity index (χ0n) is 10.8. The van der Waals surface area contributed by atoms with Crippen LogP contribution in [0, 0.1) is 0 Å². The van der Waals surface area contributed by atoms with E-state index in [-0.39, 0.29) is 12.4 Å². The molecule has 5 heteroatoms. The van der Waals surface area contributed by atoms with Gasteiger partial charge in [0, 0.05) is 18.4 Å². The van der Waals surface area contributed by atoms with Crippen LogP contribution < -0.4 is 0 Å². The zero-order chi connectivity index (χ0) is 12.7. The van der Waals surface area contributed by atoms with Gasteiger partial charge in [-0.05, 0) is 45.2 Å². The molecular weight excluding hydrogens is 238 g/mol. The Labute approximate surface area is 105 Å². The molecule has 0 aromatic carbocycles. The second-order valence-corrected chi connectivity index (χ2v) is 7.26. The summed E-state index contributed by atoms with van der Waals surface area (Å²) in [7, 11) is -2.81. The van der Waals surface area contributed by atoms with E-state index in [4.69, 9.17) is 5.11 Å². The van der Waals surface area contributed by atoms with Crippen molar-refractivity contribution < 1.29 is 13.5 Å². The summed E-state index contributed by atoms with van der Waals surface area (Å²) in [6.07, 6.45) is 5.04. The minimum Gasteiger partial charge on any atom is -0.396 e. The molecule has 0 radical (unpaired) electrons. The van der Waals surface area contributed by atoms with Crippen LogP contribution in [-0.4, -0.2) is 55.7 Å². The van der Waals surface area contributed by atoms with E-state index in [0.29, 0.717) is 11.8 Å². The van der Waals surface area contributed by atoms with Crippen LogP contribution in [0.4, 0.5) is 0 Å². The minimum absolute atomic E-state index is 0.251. The van der Waals surface area contributed by atoms with E-state index in [0.717, 1.165) is 32.4 Å². The molecule has 1 saturated heterocycles. The van der Waals surface area contributed by atoms with Crippen LogP contribution in [0.15, 0.2) is 0 Å². The number of aliphatic hydroxyl groups excluding tert-OH is 1. The molecule has 0 saturated carbocycles. The standard InChI is InChI=1S/C12H25NO3S/c1-2-17(15,16)11-5-9-13-8-3-6-12(13)7-4-10-14/h12,14H,2-11H2,1H3. The highest BCUT2D eigenvalue weighted by Crippen LogP contribution is 2.21. The first-order valence-electron chi connectivity index (χ1n) is 6.64. The summed E-state index contributed by atoms with van der Waals surface area (Å²) in [5.74, 6) is 0.563. The average molecular weight is 263 g/mol. The molecule has 0 amide bonds. The van der Waals surface area contributed by atoms with Gasteiger partial charge in [-0.15, -0.1) is 0 Å². The summed E-state index contributed by atoms with van der Waals surface area (Å²) in [4.78, 5) is 2.39. The van der Waals surface area contributed by atoms with Crippen molar-refractivity contribution in [3.05, 3.63) is 0 Å². The number of hydrogen-bond donors (Lipinski definition) is 1. The van der Waals surface area contributed by atoms with E-state index in [2.05, 4.69) is 4.90 Å². The molecule has 0 aromatic rings. The summed E-state index contributed by atoms with van der Waals surface area (Å²) in [5, 5.41) is 8.83. The number of nitrogens with zero attached hydrogens (tertiary/aromatic N) is 1. The van der Waals surface area contributed by atoms with Gasteiger partial charge in [-0.25, -0.2) is 8.42 Å². The van der Waals surface area contributed by atoms with Crippen LogP contribution in [0.2, 0.25) is 0 Å². The lowest BCUT2D eigenvalue weighted by atomic mass is 10.1. The van der Waals surface area contributed by atoms with Gasteiger partial charge in [-0.1, -0.05) is 6.92 Å². The molecule has 0 aromatic heterocycles. The summed E-state index contributed by atoms with van der Waals surface area (Å²) < 4.78 is 22.8. The smallest absolute Gasteiger partial charge is 0.150 e. The van der Waals surface area contributed by atoms with Gasteiger partial charge < -0.3 is 10.0 Å². The normalized spacial score (nSPS) is 22.1. The van der Waals surface area contributed by atoms with E-state index in [1.54, 1.807) is 6.92 Å². The Morgan fingerprint density at radius 3 is 2.76 bits per heavy atom. The number of aliphatic hydroxyl groups is 1. The van der Waals surface area contributed by atoms with E-state index < -0.39 is 9.84 Å². The van der Waals surface area contributed by atoms with Crippen molar-refractivity contribution in [3.8, 4) is 0 Å². The third-order valence-electron chi connectivity index (χ3n) is 3.54. The molecule has 1 N–H and O–H groups in total. The Kier molecular flexibility index (Phi) is 6.44. The van der Waals surface area contributed by atoms with Gasteiger partial charge in [0.15, 0.2) is 0 Å². The van der Waals surface area contributed by atoms with Crippen molar-refractivity contribution in [1.82, 2.24) is 4.90 Å². The lowest BCUT2D eigenvalue weighted by Crippen LogP contribution is -2.31. The lowest BCUT2D eigenvalue weighted by Gasteiger charge is -2.24. The third-order valence-corrected chi connectivity index (χ3v) is 5.33. The first-order valence-corrected chi connectivity index (χ1v) is 8.46. The second-order valence-electron chi connectivity index (χ2n) is 4.79. The highest BCUT2D eigenvalue weighted by atomic mass is 32.2. The predicted molar refractivity (Wildman–Crippen MR) is 69.9 cm³/mol. The number of sulfone groups is 1. The largest absolute Gasteiger partial charge is 0.396 e. The molecule has 1 heterocycles. The summed E-state index contributed by atoms with van der Waals surface area (Å²) in [6, 6.07) is 0.562. The van der Waals surface area contributed by atoms with Crippen LogP contribution >= 0.6 is 0 Å². The molecule has 1 aliphatic rings. The van der Waals surface area contributed by atoms with E-state index in [1.165, 1.54) is 12.8 Å². The fourth-order valence-corrected chi connectivity index (χ4v) is 3.33. The Morgan fingerprint density at radius 2 is 2.12 bits per heavy atom. The molecule has 1 rings (SSSR count). The Balaban J connectivity index is 2.26. The maximum Gasteiger partial charge on any atom is 0.150 e. The van der Waals surface area contributed by atoms with Crippen LogP contribution in [0.25, 0.3) is 0 Å². The molecule has 0 aliphatic carbocycles. The van der Waals surface area contributed by atoms with Crippen molar-refractivity contribution in [2.45, 2.75) is 45.1 Å². The van der Waals surface area contributed by atoms with Crippen molar-refractivity contribution in [2.75, 3.05) is 31.2 Å². The first kappa shape index (κ1) is 14.9. The molecule has 1 unspecified atom stereocenters. The molecule has 17 heavy (non-hydrogen) atoms. The van der Waals surface area contributed by atoms with E-state index in [9.17, 15) is 8.42 Å². The molecule has 4 nitrogen and oxygen atoms in total. The number of likely N-dealkylation sites (tertiary alicyclic amines) is 1. The van der Waals surface area contributed by atoms with Crippen LogP contribution in [-0.2, 0) is 9.84 Å². The molecule has 0 bridgehead atoms. The molecular formula is C12H25NO3S. The van der Waals surface area contributed by atoms with Crippen LogP contribution in [0.5, 0.6) is 0 Å². The minimum atomic E-state index is -2.81. The molecule has 1 atom stereocenters. The Bertz CT molecular complexity index is 303. The summed E-state index contributed by atoms with van der Waals surface area (Å²) in [6.45, 7) is 3.93. The SMILES string of the molecule is CCS(=O)(=O)CCCN1CCCC1CCCO. The van der Waals surface area contributed by atoms with E-state index in [1.807, 2.05) is 0 Å². The van der Waals surface area contributed by atoms with Gasteiger partial charge in [0.25, 0.3) is 0 Å². The predicted octanol–water partition coefficient (Wildman–Crippen LogP) is 1.05. The maximum absolute atomic E-state index is 11.4. The zero-order valence-corrected chi connectivity index (χ0v) is 11.6. The van der Waals surface area contributed by atoms with Crippen molar-refractivity contribution in [2.24, 2.45) is 0 Å². The molecule has 1 fully saturated rings.